The Morgan fingerprint density at radius 3 is 2.68 bits per heavy atom. The zero-order valence-electron chi connectivity index (χ0n) is 11.6. The molecule has 0 spiro atoms. The Morgan fingerprint density at radius 2 is 2.16 bits per heavy atom. The van der Waals surface area contributed by atoms with E-state index in [1.54, 1.807) is 6.07 Å². The van der Waals surface area contributed by atoms with Gasteiger partial charge in [-0.1, -0.05) is 13.3 Å². The van der Waals surface area contributed by atoms with E-state index in [0.717, 1.165) is 30.6 Å². The van der Waals surface area contributed by atoms with Crippen LogP contribution in [0.4, 0.5) is 11.4 Å². The van der Waals surface area contributed by atoms with Gasteiger partial charge in [-0.3, -0.25) is 0 Å². The molecule has 4 nitrogen and oxygen atoms in total. The number of anilines is 2. The number of nitrogens with two attached hydrogens (primary N) is 1. The highest BCUT2D eigenvalue weighted by atomic mass is 16.4. The Morgan fingerprint density at radius 1 is 1.47 bits per heavy atom. The van der Waals surface area contributed by atoms with Crippen molar-refractivity contribution in [2.75, 3.05) is 17.2 Å². The number of aryl methyl sites for hydroxylation is 1. The maximum atomic E-state index is 11.2. The van der Waals surface area contributed by atoms with Crippen molar-refractivity contribution in [2.45, 2.75) is 45.6 Å². The van der Waals surface area contributed by atoms with Gasteiger partial charge in [-0.2, -0.15) is 0 Å². The van der Waals surface area contributed by atoms with Crippen LogP contribution >= 0.6 is 0 Å². The average molecular weight is 262 g/mol. The van der Waals surface area contributed by atoms with Crippen LogP contribution in [0.1, 0.15) is 48.5 Å². The molecule has 0 bridgehead atoms. The topological polar surface area (TPSA) is 66.6 Å². The monoisotopic (exact) mass is 262 g/mol. The third kappa shape index (κ3) is 3.00. The molecule has 0 saturated heterocycles. The molecule has 2 rings (SSSR count). The molecule has 1 aliphatic carbocycles. The van der Waals surface area contributed by atoms with Crippen LogP contribution in [-0.2, 0) is 0 Å². The van der Waals surface area contributed by atoms with Gasteiger partial charge in [0, 0.05) is 24.0 Å². The third-order valence-corrected chi connectivity index (χ3v) is 3.67. The van der Waals surface area contributed by atoms with Crippen molar-refractivity contribution in [2.24, 2.45) is 0 Å². The van der Waals surface area contributed by atoms with Crippen molar-refractivity contribution >= 4 is 17.3 Å². The van der Waals surface area contributed by atoms with Crippen molar-refractivity contribution in [3.63, 3.8) is 0 Å². The molecule has 4 heteroatoms. The number of carbonyl (C=O) groups is 1. The van der Waals surface area contributed by atoms with Crippen LogP contribution in [0.25, 0.3) is 0 Å². The number of carboxylic acids is 1. The fraction of sp³-hybridized carbons (Fsp3) is 0.533. The summed E-state index contributed by atoms with van der Waals surface area (Å²) < 4.78 is 0. The molecule has 0 heterocycles. The van der Waals surface area contributed by atoms with Crippen LogP contribution in [0.15, 0.2) is 12.1 Å². The van der Waals surface area contributed by atoms with Gasteiger partial charge >= 0.3 is 5.97 Å². The molecule has 3 N–H and O–H groups in total. The second-order valence-electron chi connectivity index (χ2n) is 5.31. The van der Waals surface area contributed by atoms with Crippen LogP contribution in [0.2, 0.25) is 0 Å². The van der Waals surface area contributed by atoms with Gasteiger partial charge in [0.2, 0.25) is 0 Å². The van der Waals surface area contributed by atoms with Gasteiger partial charge in [-0.15, -0.1) is 0 Å². The number of unbranched alkanes of at least 4 members (excludes halogenated alkanes) is 1. The third-order valence-electron chi connectivity index (χ3n) is 3.67. The molecular weight excluding hydrogens is 240 g/mol. The Hall–Kier alpha value is -1.71. The molecule has 0 aromatic heterocycles. The van der Waals surface area contributed by atoms with E-state index in [9.17, 15) is 9.90 Å². The van der Waals surface area contributed by atoms with Gasteiger partial charge in [0.05, 0.1) is 5.56 Å². The van der Waals surface area contributed by atoms with Gasteiger partial charge < -0.3 is 15.7 Å². The van der Waals surface area contributed by atoms with E-state index in [4.69, 9.17) is 5.73 Å². The minimum atomic E-state index is -0.950. The van der Waals surface area contributed by atoms with Crippen LogP contribution in [0.3, 0.4) is 0 Å². The first-order valence-corrected chi connectivity index (χ1v) is 6.94. The van der Waals surface area contributed by atoms with E-state index < -0.39 is 5.97 Å². The van der Waals surface area contributed by atoms with Gasteiger partial charge in [-0.25, -0.2) is 4.79 Å². The maximum Gasteiger partial charge on any atom is 0.337 e. The van der Waals surface area contributed by atoms with Gasteiger partial charge in [-0.05, 0) is 43.9 Å². The number of rotatable bonds is 6. The molecule has 0 aliphatic heterocycles. The summed E-state index contributed by atoms with van der Waals surface area (Å²) in [4.78, 5) is 13.6. The van der Waals surface area contributed by atoms with E-state index in [-0.39, 0.29) is 5.56 Å². The average Bonchev–Trinajstić information content (AvgIpc) is 3.17. The number of benzene rings is 1. The minimum Gasteiger partial charge on any atom is -0.478 e. The molecular formula is C15H22N2O2. The normalized spacial score (nSPS) is 14.4. The molecule has 1 aliphatic rings. The summed E-state index contributed by atoms with van der Waals surface area (Å²) in [6.07, 6.45) is 4.68. The highest BCUT2D eigenvalue weighted by molar-refractivity contribution is 5.95. The minimum absolute atomic E-state index is 0.220. The smallest absolute Gasteiger partial charge is 0.337 e. The van der Waals surface area contributed by atoms with Crippen LogP contribution in [0.5, 0.6) is 0 Å². The molecule has 0 amide bonds. The Kier molecular flexibility index (Phi) is 3.98. The number of aromatic carboxylic acids is 1. The van der Waals surface area contributed by atoms with Crippen molar-refractivity contribution in [1.82, 2.24) is 0 Å². The lowest BCUT2D eigenvalue weighted by atomic mass is 10.1. The first-order chi connectivity index (χ1) is 9.04. The lowest BCUT2D eigenvalue weighted by Crippen LogP contribution is -2.27. The number of carboxylic acid groups (broad SMARTS) is 1. The molecule has 1 aromatic carbocycles. The fourth-order valence-electron chi connectivity index (χ4n) is 2.36. The predicted molar refractivity (Wildman–Crippen MR) is 77.8 cm³/mol. The van der Waals surface area contributed by atoms with Crippen molar-refractivity contribution in [1.29, 1.82) is 0 Å². The van der Waals surface area contributed by atoms with Gasteiger partial charge in [0.1, 0.15) is 0 Å². The SMILES string of the molecule is CCCCN(c1cc(C)c(N)c(C(=O)O)c1)C1CC1. The first kappa shape index (κ1) is 13.7. The molecule has 104 valence electrons. The number of nitrogen functional groups attached to an aromatic ring is 1. The molecule has 1 saturated carbocycles. The molecule has 19 heavy (non-hydrogen) atoms. The quantitative estimate of drug-likeness (QED) is 0.773. The van der Waals surface area contributed by atoms with Crippen molar-refractivity contribution in [3.8, 4) is 0 Å². The van der Waals surface area contributed by atoms with Gasteiger partial charge in [0.25, 0.3) is 0 Å². The van der Waals surface area contributed by atoms with Crippen molar-refractivity contribution in [3.05, 3.63) is 23.3 Å². The highest BCUT2D eigenvalue weighted by Crippen LogP contribution is 2.34. The summed E-state index contributed by atoms with van der Waals surface area (Å²) in [6.45, 7) is 5.03. The fourth-order valence-corrected chi connectivity index (χ4v) is 2.36. The lowest BCUT2D eigenvalue weighted by Gasteiger charge is -2.26. The first-order valence-electron chi connectivity index (χ1n) is 6.94. The van der Waals surface area contributed by atoms with E-state index >= 15 is 0 Å². The summed E-state index contributed by atoms with van der Waals surface area (Å²) in [5, 5.41) is 9.23. The zero-order valence-corrected chi connectivity index (χ0v) is 11.6. The molecule has 1 aromatic rings. The summed E-state index contributed by atoms with van der Waals surface area (Å²) >= 11 is 0. The molecule has 0 atom stereocenters. The van der Waals surface area contributed by atoms with E-state index in [0.29, 0.717) is 11.7 Å². The van der Waals surface area contributed by atoms with E-state index in [1.165, 1.54) is 12.8 Å². The number of hydrogen-bond acceptors (Lipinski definition) is 3. The molecule has 0 radical (unpaired) electrons. The van der Waals surface area contributed by atoms with Crippen molar-refractivity contribution < 1.29 is 9.90 Å². The summed E-state index contributed by atoms with van der Waals surface area (Å²) in [7, 11) is 0. The largest absolute Gasteiger partial charge is 0.478 e. The Balaban J connectivity index is 2.33. The van der Waals surface area contributed by atoms with Gasteiger partial charge in [0.15, 0.2) is 0 Å². The van der Waals surface area contributed by atoms with E-state index in [1.807, 2.05) is 13.0 Å². The van der Waals surface area contributed by atoms with Crippen LogP contribution < -0.4 is 10.6 Å². The zero-order chi connectivity index (χ0) is 14.0. The van der Waals surface area contributed by atoms with E-state index in [2.05, 4.69) is 11.8 Å². The Labute approximate surface area is 114 Å². The molecule has 0 unspecified atom stereocenters. The Bertz CT molecular complexity index is 481. The molecule has 1 fully saturated rings. The number of hydrogen-bond donors (Lipinski definition) is 2. The summed E-state index contributed by atoms with van der Waals surface area (Å²) in [5.41, 5.74) is 8.29. The second-order valence-corrected chi connectivity index (χ2v) is 5.31. The number of nitrogens with zero attached hydrogens (tertiary/aromatic N) is 1. The second kappa shape index (κ2) is 5.51. The maximum absolute atomic E-state index is 11.2. The van der Waals surface area contributed by atoms with Crippen LogP contribution in [-0.4, -0.2) is 23.7 Å². The lowest BCUT2D eigenvalue weighted by molar-refractivity contribution is 0.0698. The highest BCUT2D eigenvalue weighted by Gasteiger charge is 2.29. The standard InChI is InChI=1S/C15H22N2O2/c1-3-4-7-17(11-5-6-11)12-8-10(2)14(16)13(9-12)15(18)19/h8-9,11H,3-7,16H2,1-2H3,(H,18,19). The summed E-state index contributed by atoms with van der Waals surface area (Å²) in [5.74, 6) is -0.950. The summed E-state index contributed by atoms with van der Waals surface area (Å²) in [6, 6.07) is 4.31. The predicted octanol–water partition coefficient (Wildman–Crippen LogP) is 3.04. The van der Waals surface area contributed by atoms with Crippen LogP contribution in [0, 0.1) is 6.92 Å².